The van der Waals surface area contributed by atoms with Crippen molar-refractivity contribution in [2.45, 2.75) is 26.3 Å². The highest BCUT2D eigenvalue weighted by Gasteiger charge is 2.25. The zero-order valence-corrected chi connectivity index (χ0v) is 15.9. The van der Waals surface area contributed by atoms with Gasteiger partial charge < -0.3 is 19.9 Å². The van der Waals surface area contributed by atoms with Crippen LogP contribution in [0, 0.1) is 5.92 Å². The number of rotatable bonds is 5. The Balaban J connectivity index is 1.84. The van der Waals surface area contributed by atoms with Gasteiger partial charge in [0.15, 0.2) is 11.5 Å². The van der Waals surface area contributed by atoms with Gasteiger partial charge in [0.2, 0.25) is 12.7 Å². The van der Waals surface area contributed by atoms with Gasteiger partial charge in [-0.1, -0.05) is 50.2 Å². The maximum absolute atomic E-state index is 12.6. The Labute approximate surface area is 163 Å². The highest BCUT2D eigenvalue weighted by atomic mass is 16.7. The Kier molecular flexibility index (Phi) is 4.82. The molecule has 144 valence electrons. The van der Waals surface area contributed by atoms with Crippen molar-refractivity contribution in [1.82, 2.24) is 5.32 Å². The van der Waals surface area contributed by atoms with Crippen molar-refractivity contribution < 1.29 is 19.4 Å². The molecule has 0 radical (unpaired) electrons. The first-order valence-corrected chi connectivity index (χ1v) is 9.42. The molecule has 0 saturated carbocycles. The first kappa shape index (κ1) is 18.2. The van der Waals surface area contributed by atoms with Gasteiger partial charge in [0.05, 0.1) is 6.04 Å². The summed E-state index contributed by atoms with van der Waals surface area (Å²) in [4.78, 5) is 12.6. The molecule has 28 heavy (non-hydrogen) atoms. The first-order chi connectivity index (χ1) is 13.5. The zero-order chi connectivity index (χ0) is 19.7. The Morgan fingerprint density at radius 1 is 1.07 bits per heavy atom. The van der Waals surface area contributed by atoms with Gasteiger partial charge in [-0.3, -0.25) is 4.79 Å². The van der Waals surface area contributed by atoms with Crippen LogP contribution in [0.1, 0.15) is 37.4 Å². The van der Waals surface area contributed by atoms with E-state index in [1.54, 1.807) is 6.07 Å². The van der Waals surface area contributed by atoms with Crippen molar-refractivity contribution >= 4 is 16.7 Å². The quantitative estimate of drug-likeness (QED) is 0.686. The summed E-state index contributed by atoms with van der Waals surface area (Å²) < 4.78 is 10.9. The second-order valence-corrected chi connectivity index (χ2v) is 7.43. The molecule has 0 aromatic heterocycles. The largest absolute Gasteiger partial charge is 0.508 e. The second-order valence-electron chi connectivity index (χ2n) is 7.43. The third kappa shape index (κ3) is 3.48. The summed E-state index contributed by atoms with van der Waals surface area (Å²) in [6.07, 6.45) is 0.409. The molecule has 4 rings (SSSR count). The number of benzene rings is 3. The molecular formula is C23H23NO4. The van der Waals surface area contributed by atoms with Crippen LogP contribution in [-0.2, 0) is 4.79 Å². The number of phenols is 1. The highest BCUT2D eigenvalue weighted by Crippen LogP contribution is 2.40. The standard InChI is InChI=1S/C23H23NO4/c1-14(2)11-21(26)24-23(16-8-10-19-20(12-16)28-13-27-19)22-17-6-4-3-5-15(17)7-9-18(22)25/h3-10,12,14,23,25H,11,13H2,1-2H3,(H,24,26)/t23-/m1/s1. The number of fused-ring (bicyclic) bond motifs is 2. The van der Waals surface area contributed by atoms with Gasteiger partial charge >= 0.3 is 0 Å². The lowest BCUT2D eigenvalue weighted by Crippen LogP contribution is -2.30. The number of phenolic OH excluding ortho intramolecular Hbond substituents is 1. The molecule has 5 nitrogen and oxygen atoms in total. The van der Waals surface area contributed by atoms with E-state index in [1.165, 1.54) is 0 Å². The number of amides is 1. The predicted octanol–water partition coefficient (Wildman–Crippen LogP) is 4.53. The van der Waals surface area contributed by atoms with Crippen molar-refractivity contribution in [3.63, 3.8) is 0 Å². The molecule has 1 aliphatic rings. The smallest absolute Gasteiger partial charge is 0.231 e. The summed E-state index contributed by atoms with van der Waals surface area (Å²) in [5.41, 5.74) is 1.50. The topological polar surface area (TPSA) is 67.8 Å². The van der Waals surface area contributed by atoms with Crippen LogP contribution in [0.3, 0.4) is 0 Å². The average molecular weight is 377 g/mol. The first-order valence-electron chi connectivity index (χ1n) is 9.42. The van der Waals surface area contributed by atoms with Crippen LogP contribution in [-0.4, -0.2) is 17.8 Å². The van der Waals surface area contributed by atoms with Gasteiger partial charge in [-0.25, -0.2) is 0 Å². The lowest BCUT2D eigenvalue weighted by atomic mass is 9.92. The molecule has 1 aliphatic heterocycles. The van der Waals surface area contributed by atoms with E-state index < -0.39 is 6.04 Å². The third-order valence-electron chi connectivity index (χ3n) is 4.87. The summed E-state index contributed by atoms with van der Waals surface area (Å²) in [5.74, 6) is 1.63. The van der Waals surface area contributed by atoms with E-state index >= 15 is 0 Å². The lowest BCUT2D eigenvalue weighted by molar-refractivity contribution is -0.122. The molecule has 1 heterocycles. The Morgan fingerprint density at radius 3 is 2.68 bits per heavy atom. The molecule has 0 bridgehead atoms. The Hall–Kier alpha value is -3.21. The van der Waals surface area contributed by atoms with E-state index in [2.05, 4.69) is 5.32 Å². The van der Waals surface area contributed by atoms with Crippen LogP contribution in [0.5, 0.6) is 17.2 Å². The molecule has 3 aromatic rings. The van der Waals surface area contributed by atoms with Crippen molar-refractivity contribution in [2.24, 2.45) is 5.92 Å². The van der Waals surface area contributed by atoms with E-state index in [0.717, 1.165) is 16.3 Å². The number of ether oxygens (including phenoxy) is 2. The minimum Gasteiger partial charge on any atom is -0.508 e. The van der Waals surface area contributed by atoms with Gasteiger partial charge in [-0.05, 0) is 40.5 Å². The number of aromatic hydroxyl groups is 1. The number of nitrogens with one attached hydrogen (secondary N) is 1. The summed E-state index contributed by atoms with van der Waals surface area (Å²) >= 11 is 0. The van der Waals surface area contributed by atoms with Crippen LogP contribution >= 0.6 is 0 Å². The fourth-order valence-corrected chi connectivity index (χ4v) is 3.59. The van der Waals surface area contributed by atoms with E-state index in [0.29, 0.717) is 23.5 Å². The SMILES string of the molecule is CC(C)CC(=O)N[C@H](c1ccc2c(c1)OCO2)c1c(O)ccc2ccccc12. The second kappa shape index (κ2) is 7.43. The van der Waals surface area contributed by atoms with Gasteiger partial charge in [0, 0.05) is 12.0 Å². The molecule has 0 fully saturated rings. The summed E-state index contributed by atoms with van der Waals surface area (Å²) in [7, 11) is 0. The van der Waals surface area contributed by atoms with E-state index in [4.69, 9.17) is 9.47 Å². The molecule has 0 aliphatic carbocycles. The van der Waals surface area contributed by atoms with E-state index in [1.807, 2.05) is 62.4 Å². The van der Waals surface area contributed by atoms with Crippen molar-refractivity contribution in [3.8, 4) is 17.2 Å². The number of hydrogen-bond donors (Lipinski definition) is 2. The molecule has 3 aromatic carbocycles. The Morgan fingerprint density at radius 2 is 1.86 bits per heavy atom. The van der Waals surface area contributed by atoms with Crippen molar-refractivity contribution in [1.29, 1.82) is 0 Å². The normalized spacial score (nSPS) is 13.7. The fourth-order valence-electron chi connectivity index (χ4n) is 3.59. The van der Waals surface area contributed by atoms with Gasteiger partial charge in [-0.15, -0.1) is 0 Å². The number of hydrogen-bond acceptors (Lipinski definition) is 4. The molecule has 2 N–H and O–H groups in total. The van der Waals surface area contributed by atoms with Crippen LogP contribution in [0.2, 0.25) is 0 Å². The van der Waals surface area contributed by atoms with E-state index in [9.17, 15) is 9.90 Å². The maximum atomic E-state index is 12.6. The zero-order valence-electron chi connectivity index (χ0n) is 15.9. The fraction of sp³-hybridized carbons (Fsp3) is 0.261. The molecule has 0 unspecified atom stereocenters. The molecule has 0 saturated heterocycles. The van der Waals surface area contributed by atoms with Crippen LogP contribution in [0.25, 0.3) is 10.8 Å². The minimum atomic E-state index is -0.508. The van der Waals surface area contributed by atoms with Crippen LogP contribution in [0.15, 0.2) is 54.6 Å². The Bertz CT molecular complexity index is 1030. The van der Waals surface area contributed by atoms with Gasteiger partial charge in [0.25, 0.3) is 0 Å². The van der Waals surface area contributed by atoms with Crippen LogP contribution in [0.4, 0.5) is 0 Å². The molecular weight excluding hydrogens is 354 g/mol. The minimum absolute atomic E-state index is 0.0648. The summed E-state index contributed by atoms with van der Waals surface area (Å²) in [6, 6.07) is 16.5. The monoisotopic (exact) mass is 377 g/mol. The van der Waals surface area contributed by atoms with Gasteiger partial charge in [-0.2, -0.15) is 0 Å². The molecule has 1 atom stereocenters. The van der Waals surface area contributed by atoms with E-state index in [-0.39, 0.29) is 24.4 Å². The number of carbonyl (C=O) groups excluding carboxylic acids is 1. The summed E-state index contributed by atoms with van der Waals surface area (Å²) in [6.45, 7) is 4.19. The molecule has 0 spiro atoms. The highest BCUT2D eigenvalue weighted by molar-refractivity contribution is 5.89. The maximum Gasteiger partial charge on any atom is 0.231 e. The predicted molar refractivity (Wildman–Crippen MR) is 108 cm³/mol. The lowest BCUT2D eigenvalue weighted by Gasteiger charge is -2.23. The summed E-state index contributed by atoms with van der Waals surface area (Å²) in [5, 5.41) is 15.7. The number of carbonyl (C=O) groups is 1. The van der Waals surface area contributed by atoms with Crippen LogP contribution < -0.4 is 14.8 Å². The van der Waals surface area contributed by atoms with Crippen molar-refractivity contribution in [3.05, 3.63) is 65.7 Å². The van der Waals surface area contributed by atoms with Gasteiger partial charge in [0.1, 0.15) is 5.75 Å². The van der Waals surface area contributed by atoms with Crippen molar-refractivity contribution in [2.75, 3.05) is 6.79 Å². The molecule has 5 heteroatoms. The third-order valence-corrected chi connectivity index (χ3v) is 4.87. The molecule has 1 amide bonds. The average Bonchev–Trinajstić information content (AvgIpc) is 3.14.